The Bertz CT molecular complexity index is 911. The van der Waals surface area contributed by atoms with Crippen LogP contribution in [-0.2, 0) is 9.59 Å². The van der Waals surface area contributed by atoms with Gasteiger partial charge in [0.1, 0.15) is 11.8 Å². The summed E-state index contributed by atoms with van der Waals surface area (Å²) in [6.45, 7) is 0. The normalized spacial score (nSPS) is 16.1. The summed E-state index contributed by atoms with van der Waals surface area (Å²) in [6, 6.07) is 12.3. The molecular formula is C18H16ClN5O3. The molecule has 2 aromatic carbocycles. The lowest BCUT2D eigenvalue weighted by molar-refractivity contribution is -0.123. The summed E-state index contributed by atoms with van der Waals surface area (Å²) in [6.07, 6.45) is 1.40. The summed E-state index contributed by atoms with van der Waals surface area (Å²) < 4.78 is 0. The van der Waals surface area contributed by atoms with Gasteiger partial charge in [0.2, 0.25) is 11.9 Å². The highest BCUT2D eigenvalue weighted by molar-refractivity contribution is 6.30. The molecule has 138 valence electrons. The van der Waals surface area contributed by atoms with Gasteiger partial charge in [0.15, 0.2) is 0 Å². The van der Waals surface area contributed by atoms with Crippen molar-refractivity contribution in [2.24, 2.45) is 10.1 Å². The number of halogens is 1. The topological polar surface area (TPSA) is 115 Å². The molecule has 3 rings (SSSR count). The third-order valence-electron chi connectivity index (χ3n) is 3.59. The fourth-order valence-electron chi connectivity index (χ4n) is 2.32. The molecule has 0 aromatic heterocycles. The molecular weight excluding hydrogens is 370 g/mol. The fraction of sp³-hybridized carbons (Fsp3) is 0.111. The molecule has 0 saturated heterocycles. The molecule has 0 radical (unpaired) electrons. The van der Waals surface area contributed by atoms with E-state index in [2.05, 4.69) is 26.2 Å². The van der Waals surface area contributed by atoms with Crippen LogP contribution in [0.15, 0.2) is 58.6 Å². The van der Waals surface area contributed by atoms with E-state index in [1.54, 1.807) is 36.4 Å². The van der Waals surface area contributed by atoms with E-state index in [0.717, 1.165) is 5.56 Å². The van der Waals surface area contributed by atoms with E-state index < -0.39 is 11.9 Å². The number of rotatable bonds is 5. The first kappa shape index (κ1) is 18.4. The van der Waals surface area contributed by atoms with E-state index in [-0.39, 0.29) is 24.0 Å². The van der Waals surface area contributed by atoms with Gasteiger partial charge in [-0.25, -0.2) is 10.4 Å². The van der Waals surface area contributed by atoms with Gasteiger partial charge in [-0.3, -0.25) is 14.9 Å². The number of aromatic hydroxyl groups is 1. The van der Waals surface area contributed by atoms with Crippen LogP contribution in [0.1, 0.15) is 12.0 Å². The van der Waals surface area contributed by atoms with Crippen molar-refractivity contribution in [1.29, 1.82) is 0 Å². The minimum atomic E-state index is -0.837. The number of hydrazone groups is 1. The zero-order valence-corrected chi connectivity index (χ0v) is 14.8. The first-order chi connectivity index (χ1) is 13.0. The van der Waals surface area contributed by atoms with E-state index >= 15 is 0 Å². The molecule has 0 saturated carbocycles. The predicted octanol–water partition coefficient (Wildman–Crippen LogP) is 1.85. The van der Waals surface area contributed by atoms with Gasteiger partial charge in [-0.2, -0.15) is 5.10 Å². The SMILES string of the molecule is O=C(CC1N=C(N/N=C/c2ccc(O)cc2)NC1=O)Nc1cccc(Cl)c1. The summed E-state index contributed by atoms with van der Waals surface area (Å²) >= 11 is 5.87. The Morgan fingerprint density at radius 2 is 2.07 bits per heavy atom. The second-order valence-electron chi connectivity index (χ2n) is 5.71. The van der Waals surface area contributed by atoms with Gasteiger partial charge in [0.25, 0.3) is 5.91 Å². The molecule has 0 fully saturated rings. The van der Waals surface area contributed by atoms with Crippen LogP contribution in [0.4, 0.5) is 5.69 Å². The van der Waals surface area contributed by atoms with Crippen molar-refractivity contribution >= 4 is 41.3 Å². The summed E-state index contributed by atoms with van der Waals surface area (Å²) in [4.78, 5) is 28.2. The quantitative estimate of drug-likeness (QED) is 0.464. The van der Waals surface area contributed by atoms with E-state index in [1.165, 1.54) is 18.3 Å². The Morgan fingerprint density at radius 1 is 1.30 bits per heavy atom. The molecule has 0 aliphatic carbocycles. The molecule has 27 heavy (non-hydrogen) atoms. The first-order valence-electron chi connectivity index (χ1n) is 8.02. The van der Waals surface area contributed by atoms with Crippen LogP contribution >= 0.6 is 11.6 Å². The van der Waals surface area contributed by atoms with Crippen LogP contribution < -0.4 is 16.1 Å². The van der Waals surface area contributed by atoms with E-state index in [9.17, 15) is 14.7 Å². The molecule has 0 spiro atoms. The minimum Gasteiger partial charge on any atom is -0.508 e. The molecule has 4 N–H and O–H groups in total. The monoisotopic (exact) mass is 385 g/mol. The van der Waals surface area contributed by atoms with E-state index in [0.29, 0.717) is 10.7 Å². The van der Waals surface area contributed by atoms with Gasteiger partial charge in [-0.15, -0.1) is 0 Å². The van der Waals surface area contributed by atoms with Gasteiger partial charge in [0.05, 0.1) is 12.6 Å². The third kappa shape index (κ3) is 5.29. The number of hydrogen-bond donors (Lipinski definition) is 4. The average molecular weight is 386 g/mol. The number of phenols is 1. The molecule has 2 amide bonds. The van der Waals surface area contributed by atoms with Crippen molar-refractivity contribution in [3.63, 3.8) is 0 Å². The number of carbonyl (C=O) groups is 2. The maximum Gasteiger partial charge on any atom is 0.252 e. The number of aliphatic imine (C=N–C) groups is 1. The van der Waals surface area contributed by atoms with Crippen molar-refractivity contribution in [1.82, 2.24) is 10.7 Å². The Labute approximate surface area is 160 Å². The number of guanidine groups is 1. The maximum absolute atomic E-state index is 12.1. The highest BCUT2D eigenvalue weighted by atomic mass is 35.5. The smallest absolute Gasteiger partial charge is 0.252 e. The minimum absolute atomic E-state index is 0.106. The zero-order chi connectivity index (χ0) is 19.2. The summed E-state index contributed by atoms with van der Waals surface area (Å²) in [7, 11) is 0. The fourth-order valence-corrected chi connectivity index (χ4v) is 2.51. The van der Waals surface area contributed by atoms with Crippen LogP contribution in [0.25, 0.3) is 0 Å². The van der Waals surface area contributed by atoms with Gasteiger partial charge >= 0.3 is 0 Å². The van der Waals surface area contributed by atoms with Crippen LogP contribution in [0.5, 0.6) is 5.75 Å². The summed E-state index contributed by atoms with van der Waals surface area (Å²) in [5.74, 6) is -0.421. The Kier molecular flexibility index (Phi) is 5.68. The highest BCUT2D eigenvalue weighted by Gasteiger charge is 2.28. The van der Waals surface area contributed by atoms with Gasteiger partial charge in [0, 0.05) is 10.7 Å². The molecule has 1 atom stereocenters. The largest absolute Gasteiger partial charge is 0.508 e. The lowest BCUT2D eigenvalue weighted by Gasteiger charge is -2.07. The molecule has 1 heterocycles. The lowest BCUT2D eigenvalue weighted by Crippen LogP contribution is -2.35. The lowest BCUT2D eigenvalue weighted by atomic mass is 10.2. The number of nitrogens with one attached hydrogen (secondary N) is 3. The van der Waals surface area contributed by atoms with Gasteiger partial charge in [-0.1, -0.05) is 17.7 Å². The Hall–Kier alpha value is -3.39. The molecule has 2 aromatic rings. The second-order valence-corrected chi connectivity index (χ2v) is 6.14. The Morgan fingerprint density at radius 3 is 2.81 bits per heavy atom. The van der Waals surface area contributed by atoms with Gasteiger partial charge in [-0.05, 0) is 48.0 Å². The number of benzene rings is 2. The predicted molar refractivity (Wildman–Crippen MR) is 103 cm³/mol. The van der Waals surface area contributed by atoms with Crippen molar-refractivity contribution < 1.29 is 14.7 Å². The molecule has 8 nitrogen and oxygen atoms in total. The van der Waals surface area contributed by atoms with Crippen molar-refractivity contribution in [2.75, 3.05) is 5.32 Å². The maximum atomic E-state index is 12.1. The van der Waals surface area contributed by atoms with E-state index in [4.69, 9.17) is 11.6 Å². The number of carbonyl (C=O) groups excluding carboxylic acids is 2. The van der Waals surface area contributed by atoms with Crippen LogP contribution in [0.2, 0.25) is 5.02 Å². The van der Waals surface area contributed by atoms with Crippen molar-refractivity contribution in [3.8, 4) is 5.75 Å². The number of phenolic OH excluding ortho intramolecular Hbond substituents is 1. The number of hydrogen-bond acceptors (Lipinski definition) is 6. The summed E-state index contributed by atoms with van der Waals surface area (Å²) in [5.41, 5.74) is 3.91. The first-order valence-corrected chi connectivity index (χ1v) is 8.39. The van der Waals surface area contributed by atoms with Crippen molar-refractivity contribution in [3.05, 3.63) is 59.1 Å². The Balaban J connectivity index is 1.54. The van der Waals surface area contributed by atoms with Crippen LogP contribution in [0.3, 0.4) is 0 Å². The molecule has 1 aliphatic heterocycles. The average Bonchev–Trinajstić information content (AvgIpc) is 2.96. The number of anilines is 1. The zero-order valence-electron chi connectivity index (χ0n) is 14.0. The highest BCUT2D eigenvalue weighted by Crippen LogP contribution is 2.16. The standard InChI is InChI=1S/C18H16ClN5O3/c19-12-2-1-3-13(8-12)21-16(26)9-15-17(27)23-18(22-15)24-20-10-11-4-6-14(25)7-5-11/h1-8,10,15,25H,9H2,(H,21,26)(H2,22,23,24,27)/b20-10+. The van der Waals surface area contributed by atoms with Gasteiger partial charge < -0.3 is 10.4 Å². The van der Waals surface area contributed by atoms with Crippen LogP contribution in [-0.4, -0.2) is 35.1 Å². The number of amides is 2. The third-order valence-corrected chi connectivity index (χ3v) is 3.83. The molecule has 1 aliphatic rings. The molecule has 9 heteroatoms. The second kappa shape index (κ2) is 8.33. The van der Waals surface area contributed by atoms with E-state index in [1.807, 2.05) is 0 Å². The van der Waals surface area contributed by atoms with Crippen molar-refractivity contribution in [2.45, 2.75) is 12.5 Å². The van der Waals surface area contributed by atoms with Crippen LogP contribution in [0, 0.1) is 0 Å². The summed E-state index contributed by atoms with van der Waals surface area (Å²) in [5, 5.41) is 18.9. The molecule has 0 bridgehead atoms. The number of nitrogens with zero attached hydrogens (tertiary/aromatic N) is 2. The molecule has 1 unspecified atom stereocenters.